The van der Waals surface area contributed by atoms with E-state index in [-0.39, 0.29) is 32.7 Å². The van der Waals surface area contributed by atoms with Gasteiger partial charge in [0.1, 0.15) is 19.3 Å². The lowest BCUT2D eigenvalue weighted by atomic mass is 9.99. The average molecular weight is 618 g/mol. The SMILES string of the molecule is COCOCC1(COCOC)Cn2cc(C(=O)NCc3ccc(Cl)cc3)c(=S)c3cc(CN4CCOCC4)cc(c32)O1. The summed E-state index contributed by atoms with van der Waals surface area (Å²) in [6.07, 6.45) is 1.80. The van der Waals surface area contributed by atoms with Crippen LogP contribution in [0.5, 0.6) is 5.75 Å². The molecule has 1 aromatic heterocycles. The Balaban J connectivity index is 1.53. The van der Waals surface area contributed by atoms with Gasteiger partial charge in [-0.3, -0.25) is 9.69 Å². The van der Waals surface area contributed by atoms with E-state index in [2.05, 4.69) is 16.3 Å². The number of methoxy groups -OCH3 is 2. The zero-order valence-corrected chi connectivity index (χ0v) is 25.4. The van der Waals surface area contributed by atoms with Gasteiger partial charge in [-0.05, 0) is 35.4 Å². The molecule has 0 radical (unpaired) electrons. The molecule has 2 aromatic carbocycles. The van der Waals surface area contributed by atoms with Crippen molar-refractivity contribution < 1.29 is 33.2 Å². The number of pyridine rings is 1. The molecule has 2 aliphatic rings. The molecule has 3 heterocycles. The maximum atomic E-state index is 13.6. The molecule has 0 saturated carbocycles. The molecule has 0 atom stereocenters. The minimum atomic E-state index is -0.904. The molecule has 0 spiro atoms. The Kier molecular flexibility index (Phi) is 10.5. The number of amides is 1. The van der Waals surface area contributed by atoms with Crippen molar-refractivity contribution in [3.05, 3.63) is 68.8 Å². The van der Waals surface area contributed by atoms with Crippen LogP contribution in [0.4, 0.5) is 0 Å². The summed E-state index contributed by atoms with van der Waals surface area (Å²) in [5, 5.41) is 4.44. The first kappa shape index (κ1) is 30.8. The first-order valence-corrected chi connectivity index (χ1v) is 14.6. The van der Waals surface area contributed by atoms with Crippen molar-refractivity contribution in [1.29, 1.82) is 0 Å². The van der Waals surface area contributed by atoms with E-state index in [0.29, 0.717) is 53.7 Å². The van der Waals surface area contributed by atoms with Crippen LogP contribution in [0, 0.1) is 4.51 Å². The van der Waals surface area contributed by atoms with Gasteiger partial charge in [-0.15, -0.1) is 0 Å². The molecule has 1 saturated heterocycles. The van der Waals surface area contributed by atoms with Crippen molar-refractivity contribution in [2.24, 2.45) is 0 Å². The minimum Gasteiger partial charge on any atom is -0.478 e. The third-order valence-electron chi connectivity index (χ3n) is 7.23. The molecule has 3 aromatic rings. The van der Waals surface area contributed by atoms with Gasteiger partial charge in [0.05, 0.1) is 48.6 Å². The summed E-state index contributed by atoms with van der Waals surface area (Å²) in [6.45, 7) is 5.05. The summed E-state index contributed by atoms with van der Waals surface area (Å²) in [4.78, 5) is 15.9. The number of halogens is 1. The molecular formula is C30H36ClN3O7S. The van der Waals surface area contributed by atoms with Gasteiger partial charge in [-0.2, -0.15) is 0 Å². The Hall–Kier alpha value is -2.61. The Bertz CT molecular complexity index is 1430. The third kappa shape index (κ3) is 7.29. The second-order valence-corrected chi connectivity index (χ2v) is 11.3. The zero-order chi connectivity index (χ0) is 29.5. The lowest BCUT2D eigenvalue weighted by Gasteiger charge is -2.39. The molecular weight excluding hydrogens is 582 g/mol. The number of nitrogens with one attached hydrogen (secondary N) is 1. The van der Waals surface area contributed by atoms with Gasteiger partial charge >= 0.3 is 0 Å². The van der Waals surface area contributed by atoms with Crippen LogP contribution in [0.3, 0.4) is 0 Å². The average Bonchev–Trinajstić information content (AvgIpc) is 2.99. The van der Waals surface area contributed by atoms with Crippen molar-refractivity contribution in [2.75, 3.05) is 67.3 Å². The summed E-state index contributed by atoms with van der Waals surface area (Å²) in [5.41, 5.74) is 2.30. The van der Waals surface area contributed by atoms with Gasteiger partial charge in [0.2, 0.25) is 0 Å². The summed E-state index contributed by atoms with van der Waals surface area (Å²) >= 11 is 12.0. The van der Waals surface area contributed by atoms with Crippen molar-refractivity contribution in [3.63, 3.8) is 0 Å². The number of rotatable bonds is 13. The molecule has 2 aliphatic heterocycles. The molecule has 1 fully saturated rings. The maximum Gasteiger partial charge on any atom is 0.254 e. The van der Waals surface area contributed by atoms with E-state index in [0.717, 1.165) is 35.1 Å². The predicted octanol–water partition coefficient (Wildman–Crippen LogP) is 4.16. The molecule has 0 bridgehead atoms. The lowest BCUT2D eigenvalue weighted by Crippen LogP contribution is -2.51. The molecule has 226 valence electrons. The molecule has 42 heavy (non-hydrogen) atoms. The highest BCUT2D eigenvalue weighted by Crippen LogP contribution is 2.38. The summed E-state index contributed by atoms with van der Waals surface area (Å²) in [6, 6.07) is 11.5. The van der Waals surface area contributed by atoms with Gasteiger partial charge in [-0.1, -0.05) is 36.0 Å². The Labute approximate surface area is 255 Å². The normalized spacial score (nSPS) is 16.4. The number of hydrogen-bond acceptors (Lipinski definition) is 9. The molecule has 1 N–H and O–H groups in total. The lowest BCUT2D eigenvalue weighted by molar-refractivity contribution is -0.144. The van der Waals surface area contributed by atoms with Crippen LogP contribution in [-0.4, -0.2) is 88.3 Å². The van der Waals surface area contributed by atoms with E-state index < -0.39 is 5.60 Å². The first-order chi connectivity index (χ1) is 20.4. The number of carbonyl (C=O) groups is 1. The Morgan fingerprint density at radius 2 is 1.74 bits per heavy atom. The van der Waals surface area contributed by atoms with Gasteiger partial charge in [0.15, 0.2) is 5.60 Å². The van der Waals surface area contributed by atoms with Crippen LogP contribution in [0.1, 0.15) is 21.5 Å². The number of morpholine rings is 1. The van der Waals surface area contributed by atoms with Crippen LogP contribution in [-0.2, 0) is 43.3 Å². The smallest absolute Gasteiger partial charge is 0.254 e. The molecule has 0 unspecified atom stereocenters. The van der Waals surface area contributed by atoms with Crippen molar-refractivity contribution in [2.45, 2.75) is 25.2 Å². The van der Waals surface area contributed by atoms with Crippen LogP contribution < -0.4 is 10.1 Å². The maximum absolute atomic E-state index is 13.6. The minimum absolute atomic E-state index is 0.100. The zero-order valence-electron chi connectivity index (χ0n) is 23.9. The highest BCUT2D eigenvalue weighted by Gasteiger charge is 2.39. The van der Waals surface area contributed by atoms with Gasteiger partial charge in [0.25, 0.3) is 5.91 Å². The van der Waals surface area contributed by atoms with Gasteiger partial charge in [-0.25, -0.2) is 0 Å². The highest BCUT2D eigenvalue weighted by atomic mass is 35.5. The molecule has 1 amide bonds. The van der Waals surface area contributed by atoms with Crippen LogP contribution in [0.15, 0.2) is 42.6 Å². The Morgan fingerprint density at radius 1 is 1.05 bits per heavy atom. The second-order valence-electron chi connectivity index (χ2n) is 10.5. The fourth-order valence-electron chi connectivity index (χ4n) is 5.30. The number of ether oxygens (including phenoxy) is 6. The number of carbonyl (C=O) groups excluding carboxylic acids is 1. The largest absolute Gasteiger partial charge is 0.478 e. The summed E-state index contributed by atoms with van der Waals surface area (Å²) < 4.78 is 36.6. The molecule has 0 aliphatic carbocycles. The van der Waals surface area contributed by atoms with E-state index in [1.807, 2.05) is 22.8 Å². The van der Waals surface area contributed by atoms with E-state index in [9.17, 15) is 4.79 Å². The van der Waals surface area contributed by atoms with Gasteiger partial charge < -0.3 is 38.3 Å². The van der Waals surface area contributed by atoms with E-state index >= 15 is 0 Å². The fourth-order valence-corrected chi connectivity index (χ4v) is 5.73. The highest BCUT2D eigenvalue weighted by molar-refractivity contribution is 7.71. The molecule has 12 heteroatoms. The predicted molar refractivity (Wildman–Crippen MR) is 161 cm³/mol. The standard InChI is InChI=1S/C30H36ClN3O7S/c1-36-19-39-17-30(18-40-20-37-2)16-34-15-25(29(35)32-13-21-3-5-23(31)6-4-21)28(42)24-11-22(12-26(41-30)27(24)34)14-33-7-9-38-10-8-33/h3-6,11-12,15H,7-10,13-14,16-20H2,1-2H3,(H,32,35). The molecule has 10 nitrogen and oxygen atoms in total. The van der Waals surface area contributed by atoms with Crippen molar-refractivity contribution in [3.8, 4) is 5.75 Å². The first-order valence-electron chi connectivity index (χ1n) is 13.8. The molecule has 5 rings (SSSR count). The van der Waals surface area contributed by atoms with Crippen LogP contribution in [0.25, 0.3) is 10.9 Å². The van der Waals surface area contributed by atoms with Crippen molar-refractivity contribution in [1.82, 2.24) is 14.8 Å². The number of nitrogens with zero attached hydrogens (tertiary/aromatic N) is 2. The summed E-state index contributed by atoms with van der Waals surface area (Å²) in [7, 11) is 3.14. The summed E-state index contributed by atoms with van der Waals surface area (Å²) in [5.74, 6) is 0.396. The number of aromatic nitrogens is 1. The van der Waals surface area contributed by atoms with Crippen LogP contribution >= 0.6 is 23.8 Å². The van der Waals surface area contributed by atoms with Crippen LogP contribution in [0.2, 0.25) is 5.02 Å². The number of hydrogen-bond donors (Lipinski definition) is 1. The number of benzene rings is 2. The van der Waals surface area contributed by atoms with E-state index in [1.165, 1.54) is 0 Å². The second kappa shape index (κ2) is 14.2. The van der Waals surface area contributed by atoms with Crippen molar-refractivity contribution >= 4 is 40.6 Å². The third-order valence-corrected chi connectivity index (χ3v) is 7.93. The monoisotopic (exact) mass is 617 g/mol. The quantitative estimate of drug-likeness (QED) is 0.172. The topological polar surface area (TPSA) is 92.7 Å². The van der Waals surface area contributed by atoms with E-state index in [4.69, 9.17) is 52.2 Å². The Morgan fingerprint density at radius 3 is 2.40 bits per heavy atom. The van der Waals surface area contributed by atoms with E-state index in [1.54, 1.807) is 32.5 Å². The fraction of sp³-hybridized carbons (Fsp3) is 0.467. The van der Waals surface area contributed by atoms with Gasteiger partial charge in [0, 0.05) is 57.0 Å².